The van der Waals surface area contributed by atoms with E-state index < -0.39 is 33.4 Å². The number of carbonyl (C=O) groups is 1. The number of hydrogen-bond acceptors (Lipinski definition) is 5. The summed E-state index contributed by atoms with van der Waals surface area (Å²) < 4.78 is 71.4. The van der Waals surface area contributed by atoms with Gasteiger partial charge in [-0.05, 0) is 36.4 Å². The van der Waals surface area contributed by atoms with Crippen LogP contribution in [0, 0.1) is 0 Å². The summed E-state index contributed by atoms with van der Waals surface area (Å²) in [6.45, 7) is 0.723. The molecular weight excluding hydrogens is 459 g/mol. The number of alkyl halides is 3. The highest BCUT2D eigenvalue weighted by Gasteiger charge is 2.34. The van der Waals surface area contributed by atoms with Crippen molar-refractivity contribution in [2.24, 2.45) is 0 Å². The van der Waals surface area contributed by atoms with Gasteiger partial charge in [0.2, 0.25) is 15.9 Å². The molecule has 2 N–H and O–H groups in total. The first-order valence-electron chi connectivity index (χ1n) is 9.16. The minimum atomic E-state index is -4.69. The number of morpholine rings is 1. The van der Waals surface area contributed by atoms with Crippen molar-refractivity contribution in [3.8, 4) is 0 Å². The van der Waals surface area contributed by atoms with Crippen LogP contribution in [0.3, 0.4) is 0 Å². The van der Waals surface area contributed by atoms with Gasteiger partial charge >= 0.3 is 6.18 Å². The van der Waals surface area contributed by atoms with Gasteiger partial charge in [-0.25, -0.2) is 8.42 Å². The smallest absolute Gasteiger partial charge is 0.379 e. The van der Waals surface area contributed by atoms with Crippen LogP contribution in [0.2, 0.25) is 5.02 Å². The Hall–Kier alpha value is -2.34. The van der Waals surface area contributed by atoms with E-state index in [0.717, 1.165) is 12.1 Å². The fourth-order valence-corrected chi connectivity index (χ4v) is 4.57. The summed E-state index contributed by atoms with van der Waals surface area (Å²) in [6.07, 6.45) is -4.69. The van der Waals surface area contributed by atoms with E-state index in [0.29, 0.717) is 18.9 Å². The molecule has 7 nitrogen and oxygen atoms in total. The zero-order chi connectivity index (χ0) is 22.6. The molecule has 0 spiro atoms. The van der Waals surface area contributed by atoms with Crippen LogP contribution in [0.15, 0.2) is 47.4 Å². The third-order valence-corrected chi connectivity index (χ3v) is 6.59. The van der Waals surface area contributed by atoms with Gasteiger partial charge in [0.1, 0.15) is 0 Å². The van der Waals surface area contributed by atoms with Gasteiger partial charge in [0.05, 0.1) is 35.9 Å². The van der Waals surface area contributed by atoms with E-state index >= 15 is 0 Å². The number of amides is 1. The van der Waals surface area contributed by atoms with Crippen molar-refractivity contribution in [2.75, 3.05) is 43.5 Å². The van der Waals surface area contributed by atoms with Crippen LogP contribution >= 0.6 is 11.6 Å². The molecule has 0 aliphatic carbocycles. The summed E-state index contributed by atoms with van der Waals surface area (Å²) in [5, 5.41) is 4.80. The molecule has 0 unspecified atom stereocenters. The first-order valence-corrected chi connectivity index (χ1v) is 11.0. The number of halogens is 4. The minimum Gasteiger partial charge on any atom is -0.379 e. The minimum absolute atomic E-state index is 0.0388. The third-order valence-electron chi connectivity index (χ3n) is 4.46. The number of nitrogens with zero attached hydrogens (tertiary/aromatic N) is 1. The van der Waals surface area contributed by atoms with E-state index in [2.05, 4.69) is 10.6 Å². The van der Waals surface area contributed by atoms with E-state index in [-0.39, 0.29) is 29.6 Å². The summed E-state index contributed by atoms with van der Waals surface area (Å²) in [5.41, 5.74) is -1.16. The van der Waals surface area contributed by atoms with E-state index in [4.69, 9.17) is 16.3 Å². The van der Waals surface area contributed by atoms with Gasteiger partial charge in [-0.1, -0.05) is 17.7 Å². The Morgan fingerprint density at radius 2 is 1.84 bits per heavy atom. The second kappa shape index (κ2) is 9.43. The lowest BCUT2D eigenvalue weighted by molar-refractivity contribution is -0.137. The quantitative estimate of drug-likeness (QED) is 0.665. The second-order valence-corrected chi connectivity index (χ2v) is 9.01. The zero-order valence-corrected chi connectivity index (χ0v) is 17.6. The predicted octanol–water partition coefficient (Wildman–Crippen LogP) is 3.43. The number of sulfonamides is 1. The van der Waals surface area contributed by atoms with Crippen LogP contribution in [0.1, 0.15) is 5.56 Å². The van der Waals surface area contributed by atoms with E-state index in [9.17, 15) is 26.4 Å². The summed E-state index contributed by atoms with van der Waals surface area (Å²) in [7, 11) is -3.72. The lowest BCUT2D eigenvalue weighted by atomic mass is 10.1. The first kappa shape index (κ1) is 23.3. The normalized spacial score (nSPS) is 15.5. The molecule has 1 fully saturated rings. The number of carbonyl (C=O) groups excluding carboxylic acids is 1. The average molecular weight is 478 g/mol. The fraction of sp³-hybridized carbons (Fsp3) is 0.316. The highest BCUT2D eigenvalue weighted by atomic mass is 35.5. The number of hydrogen-bond donors (Lipinski definition) is 2. The zero-order valence-electron chi connectivity index (χ0n) is 16.1. The summed E-state index contributed by atoms with van der Waals surface area (Å²) in [5.74, 6) is -0.741. The lowest BCUT2D eigenvalue weighted by Gasteiger charge is -2.26. The van der Waals surface area contributed by atoms with Gasteiger partial charge in [-0.15, -0.1) is 0 Å². The van der Waals surface area contributed by atoms with E-state index in [1.807, 2.05) is 0 Å². The molecule has 3 rings (SSSR count). The van der Waals surface area contributed by atoms with Crippen LogP contribution in [-0.2, 0) is 25.7 Å². The van der Waals surface area contributed by atoms with Gasteiger partial charge in [0.15, 0.2) is 0 Å². The van der Waals surface area contributed by atoms with Crippen LogP contribution in [0.25, 0.3) is 0 Å². The number of benzene rings is 2. The number of ether oxygens (including phenoxy) is 1. The van der Waals surface area contributed by atoms with Crippen molar-refractivity contribution in [1.82, 2.24) is 4.31 Å². The van der Waals surface area contributed by atoms with Crippen molar-refractivity contribution in [2.45, 2.75) is 11.1 Å². The van der Waals surface area contributed by atoms with Crippen molar-refractivity contribution >= 4 is 38.9 Å². The van der Waals surface area contributed by atoms with Gasteiger partial charge in [-0.2, -0.15) is 17.5 Å². The fourth-order valence-electron chi connectivity index (χ4n) is 2.94. The standard InChI is InChI=1S/C19H19ClF3N3O4S/c20-13-4-5-17(16(10-13)19(21,22)23)25-18(27)12-24-14-2-1-3-15(11-14)31(28,29)26-6-8-30-9-7-26/h1-5,10-11,24H,6-9,12H2,(H,25,27). The van der Waals surface area contributed by atoms with E-state index in [1.54, 1.807) is 6.07 Å². The average Bonchev–Trinajstić information content (AvgIpc) is 2.73. The van der Waals surface area contributed by atoms with Crippen LogP contribution in [-0.4, -0.2) is 51.5 Å². The Balaban J connectivity index is 1.67. The molecule has 0 bridgehead atoms. The SMILES string of the molecule is O=C(CNc1cccc(S(=O)(=O)N2CCOCC2)c1)Nc1ccc(Cl)cc1C(F)(F)F. The van der Waals surface area contributed by atoms with Gasteiger partial charge in [0, 0.05) is 23.8 Å². The van der Waals surface area contributed by atoms with Gasteiger partial charge < -0.3 is 15.4 Å². The van der Waals surface area contributed by atoms with Crippen LogP contribution < -0.4 is 10.6 Å². The Morgan fingerprint density at radius 3 is 2.52 bits per heavy atom. The molecule has 1 heterocycles. The van der Waals surface area contributed by atoms with Gasteiger partial charge in [0.25, 0.3) is 0 Å². The Morgan fingerprint density at radius 1 is 1.13 bits per heavy atom. The first-order chi connectivity index (χ1) is 14.6. The number of rotatable bonds is 6. The molecule has 1 amide bonds. The van der Waals surface area contributed by atoms with Crippen molar-refractivity contribution in [3.63, 3.8) is 0 Å². The molecule has 2 aromatic rings. The third kappa shape index (κ3) is 5.88. The predicted molar refractivity (Wildman–Crippen MR) is 110 cm³/mol. The topological polar surface area (TPSA) is 87.7 Å². The maximum atomic E-state index is 13.1. The Labute approximate surface area is 182 Å². The molecule has 12 heteroatoms. The highest BCUT2D eigenvalue weighted by Crippen LogP contribution is 2.36. The molecule has 0 atom stereocenters. The Bertz CT molecular complexity index is 1060. The molecule has 31 heavy (non-hydrogen) atoms. The lowest BCUT2D eigenvalue weighted by Crippen LogP contribution is -2.40. The van der Waals surface area contributed by atoms with E-state index in [1.165, 1.54) is 28.6 Å². The van der Waals surface area contributed by atoms with Crippen molar-refractivity contribution in [3.05, 3.63) is 53.1 Å². The molecule has 1 aliphatic rings. The monoisotopic (exact) mass is 477 g/mol. The van der Waals surface area contributed by atoms with Gasteiger partial charge in [-0.3, -0.25) is 4.79 Å². The van der Waals surface area contributed by atoms with Crippen molar-refractivity contribution < 1.29 is 31.1 Å². The highest BCUT2D eigenvalue weighted by molar-refractivity contribution is 7.89. The van der Waals surface area contributed by atoms with Crippen LogP contribution in [0.4, 0.5) is 24.5 Å². The summed E-state index contributed by atoms with van der Waals surface area (Å²) >= 11 is 5.62. The molecular formula is C19H19ClF3N3O4S. The molecule has 0 radical (unpaired) electrons. The molecule has 0 saturated carbocycles. The number of nitrogens with one attached hydrogen (secondary N) is 2. The largest absolute Gasteiger partial charge is 0.418 e. The van der Waals surface area contributed by atoms with Crippen molar-refractivity contribution in [1.29, 1.82) is 0 Å². The maximum Gasteiger partial charge on any atom is 0.418 e. The summed E-state index contributed by atoms with van der Waals surface area (Å²) in [6, 6.07) is 8.88. The molecule has 1 saturated heterocycles. The molecule has 0 aromatic heterocycles. The molecule has 168 valence electrons. The summed E-state index contributed by atoms with van der Waals surface area (Å²) in [4.78, 5) is 12.2. The Kier molecular flexibility index (Phi) is 7.10. The number of anilines is 2. The molecule has 1 aliphatic heterocycles. The second-order valence-electron chi connectivity index (χ2n) is 6.63. The maximum absolute atomic E-state index is 13.1. The molecule has 2 aromatic carbocycles. The van der Waals surface area contributed by atoms with Crippen LogP contribution in [0.5, 0.6) is 0 Å².